The van der Waals surface area contributed by atoms with E-state index >= 15 is 0 Å². The van der Waals surface area contributed by atoms with E-state index in [0.717, 1.165) is 25.1 Å². The van der Waals surface area contributed by atoms with Gasteiger partial charge in [0.1, 0.15) is 5.82 Å². The molecule has 0 saturated heterocycles. The summed E-state index contributed by atoms with van der Waals surface area (Å²) in [5.74, 6) is 0.194. The van der Waals surface area contributed by atoms with Gasteiger partial charge in [0.25, 0.3) is 0 Å². The Bertz CT molecular complexity index is 456. The minimum atomic E-state index is -0.695. The molecular weight excluding hydrogens is 245 g/mol. The van der Waals surface area contributed by atoms with E-state index in [1.165, 1.54) is 6.07 Å². The molecule has 1 aliphatic carbocycles. The maximum atomic E-state index is 13.6. The fourth-order valence-corrected chi connectivity index (χ4v) is 2.68. The zero-order chi connectivity index (χ0) is 14.2. The maximum absolute atomic E-state index is 13.6. The lowest BCUT2D eigenvalue weighted by molar-refractivity contribution is 0.0464. The summed E-state index contributed by atoms with van der Waals surface area (Å²) in [6.45, 7) is 4.20. The average Bonchev–Trinajstić information content (AvgIpc) is 2.29. The van der Waals surface area contributed by atoms with Crippen molar-refractivity contribution < 1.29 is 14.6 Å². The van der Waals surface area contributed by atoms with E-state index in [0.29, 0.717) is 17.0 Å². The van der Waals surface area contributed by atoms with Gasteiger partial charge < -0.3 is 15.1 Å². The second-order valence-electron chi connectivity index (χ2n) is 5.71. The van der Waals surface area contributed by atoms with E-state index in [9.17, 15) is 14.6 Å². The first-order valence-electron chi connectivity index (χ1n) is 6.75. The highest BCUT2D eigenvalue weighted by molar-refractivity contribution is 5.56. The van der Waals surface area contributed by atoms with Crippen molar-refractivity contribution in [2.45, 2.75) is 38.9 Å². The number of rotatable bonds is 4. The number of nitrogens with zero attached hydrogens (tertiary/aromatic N) is 1. The first kappa shape index (κ1) is 14.3. The van der Waals surface area contributed by atoms with Crippen molar-refractivity contribution in [2.24, 2.45) is 5.92 Å². The number of benzene rings is 1. The standard InChI is InChI=1S/C15H22FNO2/c1-9-4-15(13(10(2)18)7-14(9)16)17(3)8-11-5-12(19)6-11/h4,7,10-12,18-19H,5-6,8H2,1-3H3/t10-,11?,12?/m1/s1. The summed E-state index contributed by atoms with van der Waals surface area (Å²) in [5, 5.41) is 19.1. The monoisotopic (exact) mass is 267 g/mol. The molecule has 0 aromatic heterocycles. The molecule has 1 aromatic rings. The molecule has 19 heavy (non-hydrogen) atoms. The van der Waals surface area contributed by atoms with Crippen LogP contribution in [-0.4, -0.2) is 29.9 Å². The zero-order valence-corrected chi connectivity index (χ0v) is 11.7. The number of aliphatic hydroxyl groups excluding tert-OH is 2. The molecule has 1 atom stereocenters. The smallest absolute Gasteiger partial charge is 0.126 e. The number of hydrogen-bond donors (Lipinski definition) is 2. The summed E-state index contributed by atoms with van der Waals surface area (Å²) in [6, 6.07) is 3.20. The van der Waals surface area contributed by atoms with Crippen LogP contribution >= 0.6 is 0 Å². The summed E-state index contributed by atoms with van der Waals surface area (Å²) in [7, 11) is 1.95. The van der Waals surface area contributed by atoms with Crippen molar-refractivity contribution in [3.63, 3.8) is 0 Å². The van der Waals surface area contributed by atoms with Gasteiger partial charge in [-0.1, -0.05) is 0 Å². The molecule has 3 nitrogen and oxygen atoms in total. The van der Waals surface area contributed by atoms with Gasteiger partial charge >= 0.3 is 0 Å². The minimum absolute atomic E-state index is 0.162. The van der Waals surface area contributed by atoms with Gasteiger partial charge in [-0.25, -0.2) is 4.39 Å². The van der Waals surface area contributed by atoms with Crippen molar-refractivity contribution >= 4 is 5.69 Å². The molecule has 106 valence electrons. The van der Waals surface area contributed by atoms with Gasteiger partial charge in [-0.2, -0.15) is 0 Å². The largest absolute Gasteiger partial charge is 0.393 e. The fourth-order valence-electron chi connectivity index (χ4n) is 2.68. The Hall–Kier alpha value is -1.13. The summed E-state index contributed by atoms with van der Waals surface area (Å²) < 4.78 is 13.6. The summed E-state index contributed by atoms with van der Waals surface area (Å²) >= 11 is 0. The third-order valence-corrected chi connectivity index (χ3v) is 3.91. The molecule has 4 heteroatoms. The zero-order valence-electron chi connectivity index (χ0n) is 11.7. The number of halogens is 1. The van der Waals surface area contributed by atoms with Crippen LogP contribution in [-0.2, 0) is 0 Å². The van der Waals surface area contributed by atoms with Crippen LogP contribution in [0.1, 0.15) is 37.0 Å². The van der Waals surface area contributed by atoms with Crippen molar-refractivity contribution in [3.05, 3.63) is 29.1 Å². The predicted molar refractivity (Wildman–Crippen MR) is 73.8 cm³/mol. The van der Waals surface area contributed by atoms with Crippen LogP contribution in [0.4, 0.5) is 10.1 Å². The molecule has 0 radical (unpaired) electrons. The lowest BCUT2D eigenvalue weighted by Gasteiger charge is -2.36. The average molecular weight is 267 g/mol. The van der Waals surface area contributed by atoms with Crippen molar-refractivity contribution in [1.29, 1.82) is 0 Å². The van der Waals surface area contributed by atoms with Gasteiger partial charge in [-0.15, -0.1) is 0 Å². The number of anilines is 1. The van der Waals surface area contributed by atoms with Gasteiger partial charge in [-0.05, 0) is 50.3 Å². The molecule has 1 saturated carbocycles. The molecule has 0 spiro atoms. The van der Waals surface area contributed by atoms with E-state index in [2.05, 4.69) is 0 Å². The lowest BCUT2D eigenvalue weighted by Crippen LogP contribution is -2.37. The summed E-state index contributed by atoms with van der Waals surface area (Å²) in [4.78, 5) is 2.05. The van der Waals surface area contributed by atoms with Crippen LogP contribution in [0.5, 0.6) is 0 Å². The van der Waals surface area contributed by atoms with Crippen molar-refractivity contribution in [1.82, 2.24) is 0 Å². The predicted octanol–water partition coefficient (Wildman–Crippen LogP) is 2.39. The first-order chi connectivity index (χ1) is 8.88. The van der Waals surface area contributed by atoms with E-state index in [1.54, 1.807) is 19.9 Å². The number of aliphatic hydroxyl groups is 2. The Balaban J connectivity index is 2.19. The maximum Gasteiger partial charge on any atom is 0.126 e. The topological polar surface area (TPSA) is 43.7 Å². The second-order valence-corrected chi connectivity index (χ2v) is 5.71. The van der Waals surface area contributed by atoms with E-state index in [-0.39, 0.29) is 11.9 Å². The number of hydrogen-bond acceptors (Lipinski definition) is 3. The minimum Gasteiger partial charge on any atom is -0.393 e. The molecule has 0 heterocycles. The van der Waals surface area contributed by atoms with Crippen LogP contribution in [0.2, 0.25) is 0 Å². The van der Waals surface area contributed by atoms with Crippen molar-refractivity contribution in [2.75, 3.05) is 18.5 Å². The van der Waals surface area contributed by atoms with Crippen LogP contribution in [0, 0.1) is 18.7 Å². The molecular formula is C15H22FNO2. The molecule has 0 bridgehead atoms. The molecule has 1 fully saturated rings. The lowest BCUT2D eigenvalue weighted by atomic mass is 9.82. The van der Waals surface area contributed by atoms with Gasteiger partial charge in [0.05, 0.1) is 12.2 Å². The molecule has 1 aliphatic rings. The Morgan fingerprint density at radius 3 is 2.58 bits per heavy atom. The second kappa shape index (κ2) is 5.47. The molecule has 2 rings (SSSR count). The van der Waals surface area contributed by atoms with Gasteiger partial charge in [-0.3, -0.25) is 0 Å². The Kier molecular flexibility index (Phi) is 4.11. The third-order valence-electron chi connectivity index (χ3n) is 3.91. The highest BCUT2D eigenvalue weighted by Crippen LogP contribution is 2.33. The molecule has 1 aromatic carbocycles. The SMILES string of the molecule is Cc1cc(N(C)CC2CC(O)C2)c([C@@H](C)O)cc1F. The van der Waals surface area contributed by atoms with E-state index in [1.807, 2.05) is 11.9 Å². The van der Waals surface area contributed by atoms with Crippen LogP contribution in [0.15, 0.2) is 12.1 Å². The Morgan fingerprint density at radius 2 is 2.05 bits per heavy atom. The van der Waals surface area contributed by atoms with Crippen LogP contribution in [0.3, 0.4) is 0 Å². The molecule has 0 unspecified atom stereocenters. The fraction of sp³-hybridized carbons (Fsp3) is 0.600. The summed E-state index contributed by atoms with van der Waals surface area (Å²) in [6.07, 6.45) is 0.799. The normalized spacial score (nSPS) is 23.9. The molecule has 0 amide bonds. The Morgan fingerprint density at radius 1 is 1.42 bits per heavy atom. The first-order valence-corrected chi connectivity index (χ1v) is 6.75. The third kappa shape index (κ3) is 3.07. The Labute approximate surface area is 113 Å². The highest BCUT2D eigenvalue weighted by Gasteiger charge is 2.28. The van der Waals surface area contributed by atoms with Crippen LogP contribution in [0.25, 0.3) is 0 Å². The van der Waals surface area contributed by atoms with E-state index < -0.39 is 6.10 Å². The van der Waals surface area contributed by atoms with Gasteiger partial charge in [0.15, 0.2) is 0 Å². The summed E-state index contributed by atoms with van der Waals surface area (Å²) in [5.41, 5.74) is 2.07. The van der Waals surface area contributed by atoms with Crippen molar-refractivity contribution in [3.8, 4) is 0 Å². The molecule has 2 N–H and O–H groups in total. The number of aryl methyl sites for hydroxylation is 1. The van der Waals surface area contributed by atoms with Crippen LogP contribution < -0.4 is 4.90 Å². The quantitative estimate of drug-likeness (QED) is 0.880. The molecule has 0 aliphatic heterocycles. The van der Waals surface area contributed by atoms with Gasteiger partial charge in [0.2, 0.25) is 0 Å². The van der Waals surface area contributed by atoms with Gasteiger partial charge in [0, 0.05) is 24.8 Å². The van der Waals surface area contributed by atoms with E-state index in [4.69, 9.17) is 0 Å². The highest BCUT2D eigenvalue weighted by atomic mass is 19.1.